The minimum absolute atomic E-state index is 0.265. The first kappa shape index (κ1) is 9.28. The Morgan fingerprint density at radius 1 is 1.23 bits per heavy atom. The Labute approximate surface area is 82.4 Å². The molecule has 0 bridgehead atoms. The van der Waals surface area contributed by atoms with E-state index in [0.717, 1.165) is 6.16 Å². The summed E-state index contributed by atoms with van der Waals surface area (Å²) in [5, 5.41) is 1.71. The fourth-order valence-electron chi connectivity index (χ4n) is 1.89. The molecule has 1 aliphatic rings. The standard InChI is InChI=1S/C11H15BP/c1-11(2,3)13(12)8-9-6-4-5-7-10(9)13/h4-7H,8H2,1-3H3. The molecule has 67 valence electrons. The molecule has 1 heterocycles. The number of rotatable bonds is 0. The molecule has 0 fully saturated rings. The average molecular weight is 189 g/mol. The average Bonchev–Trinajstić information content (AvgIpc) is 2.00. The van der Waals surface area contributed by atoms with Crippen molar-refractivity contribution in [2.45, 2.75) is 32.1 Å². The summed E-state index contributed by atoms with van der Waals surface area (Å²) in [6, 6.07) is 8.61. The maximum atomic E-state index is 6.50. The van der Waals surface area contributed by atoms with Crippen LogP contribution in [0.1, 0.15) is 26.3 Å². The van der Waals surface area contributed by atoms with Gasteiger partial charge in [0.25, 0.3) is 0 Å². The van der Waals surface area contributed by atoms with Gasteiger partial charge in [-0.25, -0.2) is 7.14 Å². The van der Waals surface area contributed by atoms with E-state index in [1.54, 1.807) is 0 Å². The van der Waals surface area contributed by atoms with Gasteiger partial charge >= 0.3 is 0 Å². The summed E-state index contributed by atoms with van der Waals surface area (Å²) in [5.41, 5.74) is 1.47. The molecule has 1 aromatic rings. The van der Waals surface area contributed by atoms with Gasteiger partial charge in [0, 0.05) is 22.2 Å². The number of hydrogen-bond acceptors (Lipinski definition) is 0. The molecule has 2 heteroatoms. The molecular formula is C11H15BP. The molecule has 1 unspecified atom stereocenters. The van der Waals surface area contributed by atoms with Gasteiger partial charge in [-0.2, -0.15) is 0 Å². The van der Waals surface area contributed by atoms with Crippen molar-refractivity contribution >= 4 is 20.0 Å². The summed E-state index contributed by atoms with van der Waals surface area (Å²) in [5.74, 6) is 0. The second-order valence-corrected chi connectivity index (χ2v) is 8.70. The highest BCUT2D eigenvalue weighted by Gasteiger charge is 2.43. The molecule has 0 aliphatic carbocycles. The van der Waals surface area contributed by atoms with Gasteiger partial charge < -0.3 is 0 Å². The molecular weight excluding hydrogens is 174 g/mol. The number of fused-ring (bicyclic) bond motifs is 1. The molecule has 0 aromatic heterocycles. The summed E-state index contributed by atoms with van der Waals surface area (Å²) >= 11 is 0. The molecule has 0 saturated heterocycles. The van der Waals surface area contributed by atoms with E-state index in [0.29, 0.717) is 0 Å². The molecule has 0 spiro atoms. The maximum Gasteiger partial charge on any atom is 0.0493 e. The van der Waals surface area contributed by atoms with Crippen molar-refractivity contribution in [3.63, 3.8) is 0 Å². The van der Waals surface area contributed by atoms with Crippen LogP contribution >= 0.6 is 7.14 Å². The van der Waals surface area contributed by atoms with E-state index in [9.17, 15) is 0 Å². The van der Waals surface area contributed by atoms with E-state index in [4.69, 9.17) is 7.57 Å². The van der Waals surface area contributed by atoms with E-state index >= 15 is 0 Å². The minimum atomic E-state index is -1.32. The molecule has 3 radical (unpaired) electrons. The lowest BCUT2D eigenvalue weighted by Gasteiger charge is -2.55. The van der Waals surface area contributed by atoms with Crippen LogP contribution in [0.3, 0.4) is 0 Å². The highest BCUT2D eigenvalue weighted by molar-refractivity contribution is 8.05. The first-order valence-electron chi connectivity index (χ1n) is 4.70. The van der Waals surface area contributed by atoms with Gasteiger partial charge in [0.2, 0.25) is 0 Å². The van der Waals surface area contributed by atoms with Gasteiger partial charge in [-0.05, 0) is 26.8 Å². The molecule has 1 atom stereocenters. The van der Waals surface area contributed by atoms with Crippen molar-refractivity contribution in [3.05, 3.63) is 29.8 Å². The van der Waals surface area contributed by atoms with Gasteiger partial charge in [0.15, 0.2) is 0 Å². The Morgan fingerprint density at radius 2 is 1.85 bits per heavy atom. The zero-order valence-corrected chi connectivity index (χ0v) is 9.44. The molecule has 0 saturated carbocycles. The second-order valence-electron chi connectivity index (χ2n) is 4.83. The summed E-state index contributed by atoms with van der Waals surface area (Å²) in [6.45, 7) is 6.78. The van der Waals surface area contributed by atoms with Crippen LogP contribution < -0.4 is 5.30 Å². The smallest absolute Gasteiger partial charge is 0.0493 e. The first-order chi connectivity index (χ1) is 5.95. The monoisotopic (exact) mass is 189 g/mol. The second kappa shape index (κ2) is 2.61. The van der Waals surface area contributed by atoms with Crippen molar-refractivity contribution in [2.24, 2.45) is 0 Å². The number of hydrogen-bond donors (Lipinski definition) is 0. The first-order valence-corrected chi connectivity index (χ1v) is 6.75. The van der Waals surface area contributed by atoms with Gasteiger partial charge in [0.1, 0.15) is 0 Å². The highest BCUT2D eigenvalue weighted by Crippen LogP contribution is 2.71. The zero-order valence-electron chi connectivity index (χ0n) is 8.54. The molecule has 0 N–H and O–H groups in total. The Balaban J connectivity index is 2.45. The van der Waals surface area contributed by atoms with Crippen LogP contribution in [0.4, 0.5) is 0 Å². The number of benzene rings is 1. The van der Waals surface area contributed by atoms with Gasteiger partial charge in [-0.15, -0.1) is 0 Å². The van der Waals surface area contributed by atoms with E-state index in [1.807, 2.05) is 0 Å². The Morgan fingerprint density at radius 3 is 2.38 bits per heavy atom. The third-order valence-electron chi connectivity index (χ3n) is 3.04. The quantitative estimate of drug-likeness (QED) is 0.434. The van der Waals surface area contributed by atoms with Crippen LogP contribution in [0.5, 0.6) is 0 Å². The Bertz CT molecular complexity index is 340. The van der Waals surface area contributed by atoms with Crippen molar-refractivity contribution in [3.8, 4) is 0 Å². The molecule has 0 amide bonds. The van der Waals surface area contributed by atoms with E-state index in [1.165, 1.54) is 10.9 Å². The van der Waals surface area contributed by atoms with Crippen LogP contribution in [0.2, 0.25) is 0 Å². The van der Waals surface area contributed by atoms with Gasteiger partial charge in [-0.3, -0.25) is 7.57 Å². The van der Waals surface area contributed by atoms with Crippen molar-refractivity contribution in [1.29, 1.82) is 0 Å². The lowest BCUT2D eigenvalue weighted by Crippen LogP contribution is -2.39. The van der Waals surface area contributed by atoms with Gasteiger partial charge in [-0.1, -0.05) is 18.2 Å². The Hall–Kier alpha value is -0.285. The lowest BCUT2D eigenvalue weighted by atomic mass is 10.2. The summed E-state index contributed by atoms with van der Waals surface area (Å²) < 4.78 is 0. The van der Waals surface area contributed by atoms with Crippen LogP contribution in [0, 0.1) is 0 Å². The van der Waals surface area contributed by atoms with Crippen LogP contribution in [-0.2, 0) is 6.16 Å². The molecule has 0 nitrogen and oxygen atoms in total. The van der Waals surface area contributed by atoms with Crippen molar-refractivity contribution in [1.82, 2.24) is 0 Å². The topological polar surface area (TPSA) is 0 Å². The molecule has 1 aliphatic heterocycles. The fraction of sp³-hybridized carbons (Fsp3) is 0.455. The lowest BCUT2D eigenvalue weighted by molar-refractivity contribution is 0.777. The van der Waals surface area contributed by atoms with Gasteiger partial charge in [0.05, 0.1) is 0 Å². The third-order valence-corrected chi connectivity index (χ3v) is 7.57. The summed E-state index contributed by atoms with van der Waals surface area (Å²) in [6.07, 6.45) is 1.13. The van der Waals surface area contributed by atoms with E-state index in [-0.39, 0.29) is 5.16 Å². The largest absolute Gasteiger partial charge is 0.298 e. The van der Waals surface area contributed by atoms with E-state index < -0.39 is 7.14 Å². The summed E-state index contributed by atoms with van der Waals surface area (Å²) in [7, 11) is 5.19. The van der Waals surface area contributed by atoms with Crippen molar-refractivity contribution < 1.29 is 0 Å². The van der Waals surface area contributed by atoms with Crippen LogP contribution in [0.25, 0.3) is 0 Å². The summed E-state index contributed by atoms with van der Waals surface area (Å²) in [4.78, 5) is 0. The van der Waals surface area contributed by atoms with Crippen LogP contribution in [-0.4, -0.2) is 12.7 Å². The predicted molar refractivity (Wildman–Crippen MR) is 62.2 cm³/mol. The highest BCUT2D eigenvalue weighted by atomic mass is 31.2. The molecule has 2 rings (SSSR count). The molecule has 13 heavy (non-hydrogen) atoms. The predicted octanol–water partition coefficient (Wildman–Crippen LogP) is 2.73. The van der Waals surface area contributed by atoms with E-state index in [2.05, 4.69) is 45.0 Å². The SMILES string of the molecule is [B-][P+]1(C(C)(C)C)Cc2ccccc21. The third kappa shape index (κ3) is 1.17. The maximum absolute atomic E-state index is 6.50. The zero-order chi connectivity index (χ0) is 9.69. The minimum Gasteiger partial charge on any atom is -0.298 e. The Kier molecular flexibility index (Phi) is 1.86. The van der Waals surface area contributed by atoms with Crippen molar-refractivity contribution in [2.75, 3.05) is 0 Å². The normalized spacial score (nSPS) is 26.5. The molecule has 1 aromatic carbocycles. The fourth-order valence-corrected chi connectivity index (χ4v) is 4.82. The van der Waals surface area contributed by atoms with Crippen LogP contribution in [0.15, 0.2) is 24.3 Å².